The van der Waals surface area contributed by atoms with Gasteiger partial charge in [0.2, 0.25) is 10.0 Å². The molecule has 174 valence electrons. The van der Waals surface area contributed by atoms with E-state index in [1.807, 2.05) is 30.5 Å². The SMILES string of the molecule is O=S(=O)(NC1CCN(Cc2cc(F)cc3cc[nH]c23)[C@@H]1c1ccc2c(c1)OCCO2)C1CC1. The molecule has 2 fully saturated rings. The van der Waals surface area contributed by atoms with Gasteiger partial charge in [-0.2, -0.15) is 0 Å². The average Bonchev–Trinajstić information content (AvgIpc) is 3.46. The summed E-state index contributed by atoms with van der Waals surface area (Å²) in [5.74, 6) is 1.09. The predicted molar refractivity (Wildman–Crippen MR) is 122 cm³/mol. The molecule has 0 bridgehead atoms. The van der Waals surface area contributed by atoms with E-state index in [2.05, 4.69) is 14.6 Å². The Kier molecular flexibility index (Phi) is 5.08. The van der Waals surface area contributed by atoms with Crippen LogP contribution in [0.4, 0.5) is 4.39 Å². The molecule has 0 amide bonds. The molecule has 1 aliphatic carbocycles. The predicted octanol–water partition coefficient (Wildman–Crippen LogP) is 3.48. The number of aromatic nitrogens is 1. The molecule has 1 unspecified atom stereocenters. The number of hydrogen-bond donors (Lipinski definition) is 2. The van der Waals surface area contributed by atoms with Gasteiger partial charge in [-0.3, -0.25) is 4.90 Å². The van der Waals surface area contributed by atoms with Crippen LogP contribution in [0.1, 0.15) is 36.4 Å². The summed E-state index contributed by atoms with van der Waals surface area (Å²) in [4.78, 5) is 5.44. The van der Waals surface area contributed by atoms with E-state index < -0.39 is 10.0 Å². The quantitative estimate of drug-likeness (QED) is 0.575. The molecule has 3 aromatic rings. The highest BCUT2D eigenvalue weighted by Gasteiger charge is 2.42. The number of aromatic amines is 1. The molecule has 2 aromatic carbocycles. The van der Waals surface area contributed by atoms with Gasteiger partial charge in [-0.1, -0.05) is 6.07 Å². The highest BCUT2D eigenvalue weighted by atomic mass is 32.2. The Balaban J connectivity index is 1.36. The molecule has 2 aliphatic heterocycles. The van der Waals surface area contributed by atoms with Gasteiger partial charge in [0, 0.05) is 30.7 Å². The van der Waals surface area contributed by atoms with Crippen LogP contribution < -0.4 is 14.2 Å². The Morgan fingerprint density at radius 3 is 2.70 bits per heavy atom. The van der Waals surface area contributed by atoms with Gasteiger partial charge >= 0.3 is 0 Å². The summed E-state index contributed by atoms with van der Waals surface area (Å²) in [5, 5.41) is 0.542. The fraction of sp³-hybridized carbons (Fsp3) is 0.417. The number of halogens is 1. The number of benzene rings is 2. The molecule has 9 heteroatoms. The molecule has 3 aliphatic rings. The minimum Gasteiger partial charge on any atom is -0.486 e. The van der Waals surface area contributed by atoms with Crippen molar-refractivity contribution in [2.24, 2.45) is 0 Å². The van der Waals surface area contributed by atoms with E-state index in [-0.39, 0.29) is 23.2 Å². The Hall–Kier alpha value is -2.62. The first kappa shape index (κ1) is 20.9. The van der Waals surface area contributed by atoms with E-state index in [0.717, 1.165) is 22.0 Å². The first-order valence-electron chi connectivity index (χ1n) is 11.4. The monoisotopic (exact) mass is 471 g/mol. The highest BCUT2D eigenvalue weighted by molar-refractivity contribution is 7.90. The van der Waals surface area contributed by atoms with Gasteiger partial charge in [0.25, 0.3) is 0 Å². The first-order valence-corrected chi connectivity index (χ1v) is 12.9. The molecule has 7 nitrogen and oxygen atoms in total. The zero-order chi connectivity index (χ0) is 22.6. The summed E-state index contributed by atoms with van der Waals surface area (Å²) in [5.41, 5.74) is 2.71. The molecule has 0 radical (unpaired) electrons. The third-order valence-corrected chi connectivity index (χ3v) is 8.75. The molecular formula is C24H26FN3O4S. The van der Waals surface area contributed by atoms with E-state index in [1.54, 1.807) is 6.07 Å². The molecule has 1 saturated heterocycles. The first-order chi connectivity index (χ1) is 16.0. The largest absolute Gasteiger partial charge is 0.486 e. The number of nitrogens with one attached hydrogen (secondary N) is 2. The fourth-order valence-electron chi connectivity index (χ4n) is 5.08. The molecule has 2 N–H and O–H groups in total. The lowest BCUT2D eigenvalue weighted by Crippen LogP contribution is -2.41. The summed E-state index contributed by atoms with van der Waals surface area (Å²) in [6.07, 6.45) is 3.92. The number of fused-ring (bicyclic) bond motifs is 2. The molecule has 33 heavy (non-hydrogen) atoms. The lowest BCUT2D eigenvalue weighted by molar-refractivity contribution is 0.170. The second-order valence-electron chi connectivity index (χ2n) is 9.08. The lowest BCUT2D eigenvalue weighted by Gasteiger charge is -2.30. The maximum atomic E-state index is 14.3. The van der Waals surface area contributed by atoms with Gasteiger partial charge in [0.15, 0.2) is 11.5 Å². The van der Waals surface area contributed by atoms with Crippen LogP contribution >= 0.6 is 0 Å². The van der Waals surface area contributed by atoms with Crippen LogP contribution in [0, 0.1) is 5.82 Å². The van der Waals surface area contributed by atoms with Crippen LogP contribution in [0.3, 0.4) is 0 Å². The second-order valence-corrected chi connectivity index (χ2v) is 11.1. The number of nitrogens with zero attached hydrogens (tertiary/aromatic N) is 1. The summed E-state index contributed by atoms with van der Waals surface area (Å²) in [7, 11) is -3.36. The van der Waals surface area contributed by atoms with Crippen molar-refractivity contribution < 1.29 is 22.3 Å². The van der Waals surface area contributed by atoms with Crippen LogP contribution in [0.15, 0.2) is 42.6 Å². The van der Waals surface area contributed by atoms with Crippen molar-refractivity contribution in [2.45, 2.75) is 43.1 Å². The van der Waals surface area contributed by atoms with Gasteiger partial charge in [0.1, 0.15) is 19.0 Å². The smallest absolute Gasteiger partial charge is 0.214 e. The molecule has 3 heterocycles. The van der Waals surface area contributed by atoms with Crippen LogP contribution in [-0.2, 0) is 16.6 Å². The Morgan fingerprint density at radius 1 is 1.06 bits per heavy atom. The topological polar surface area (TPSA) is 83.7 Å². The number of sulfonamides is 1. The van der Waals surface area contributed by atoms with Gasteiger partial charge < -0.3 is 14.5 Å². The maximum absolute atomic E-state index is 14.3. The van der Waals surface area contributed by atoms with Gasteiger partial charge in [-0.15, -0.1) is 0 Å². The standard InChI is InChI=1S/C24H26FN3O4S/c25-18-11-15-5-7-26-23(15)17(12-18)14-28-8-6-20(27-33(29,30)19-2-3-19)24(28)16-1-4-21-22(13-16)32-10-9-31-21/h1,4-5,7,11-13,19-20,24,26-27H,2-3,6,8-10,14H2/t20?,24-/m1/s1. The molecule has 2 atom stereocenters. The minimum atomic E-state index is -3.36. The lowest BCUT2D eigenvalue weighted by atomic mass is 9.99. The summed E-state index contributed by atoms with van der Waals surface area (Å²) in [6.45, 7) is 2.18. The van der Waals surface area contributed by atoms with Crippen molar-refractivity contribution in [3.8, 4) is 11.5 Å². The van der Waals surface area contributed by atoms with Crippen LogP contribution in [0.5, 0.6) is 11.5 Å². The molecular weight excluding hydrogens is 445 g/mol. The normalized spacial score (nSPS) is 23.3. The van der Waals surface area contributed by atoms with E-state index in [4.69, 9.17) is 9.47 Å². The van der Waals surface area contributed by atoms with Crippen molar-refractivity contribution >= 4 is 20.9 Å². The third kappa shape index (κ3) is 3.98. The molecule has 6 rings (SSSR count). The second kappa shape index (κ2) is 8.00. The van der Waals surface area contributed by atoms with E-state index >= 15 is 0 Å². The van der Waals surface area contributed by atoms with Gasteiger partial charge in [-0.05, 0) is 60.7 Å². The van der Waals surface area contributed by atoms with E-state index in [9.17, 15) is 12.8 Å². The van der Waals surface area contributed by atoms with Crippen molar-refractivity contribution in [1.29, 1.82) is 0 Å². The van der Waals surface area contributed by atoms with E-state index in [0.29, 0.717) is 57.1 Å². The Morgan fingerprint density at radius 2 is 1.88 bits per heavy atom. The fourth-order valence-corrected chi connectivity index (χ4v) is 6.70. The number of H-pyrrole nitrogens is 1. The summed E-state index contributed by atoms with van der Waals surface area (Å²) >= 11 is 0. The zero-order valence-corrected chi connectivity index (χ0v) is 18.9. The minimum absolute atomic E-state index is 0.206. The van der Waals surface area contributed by atoms with Crippen LogP contribution in [0.2, 0.25) is 0 Å². The van der Waals surface area contributed by atoms with Gasteiger partial charge in [-0.25, -0.2) is 17.5 Å². The zero-order valence-electron chi connectivity index (χ0n) is 18.1. The molecule has 1 aromatic heterocycles. The van der Waals surface area contributed by atoms with Crippen LogP contribution in [-0.4, -0.2) is 49.4 Å². The summed E-state index contributed by atoms with van der Waals surface area (Å²) in [6, 6.07) is 10.3. The van der Waals surface area contributed by atoms with Crippen molar-refractivity contribution in [3.05, 3.63) is 59.5 Å². The number of likely N-dealkylation sites (tertiary alicyclic amines) is 1. The van der Waals surface area contributed by atoms with Crippen molar-refractivity contribution in [1.82, 2.24) is 14.6 Å². The van der Waals surface area contributed by atoms with Gasteiger partial charge in [0.05, 0.1) is 16.8 Å². The van der Waals surface area contributed by atoms with Crippen LogP contribution in [0.25, 0.3) is 10.9 Å². The summed E-state index contributed by atoms with van der Waals surface area (Å²) < 4.78 is 54.3. The Bertz CT molecular complexity index is 1300. The highest BCUT2D eigenvalue weighted by Crippen LogP contribution is 2.40. The maximum Gasteiger partial charge on any atom is 0.214 e. The van der Waals surface area contributed by atoms with Crippen molar-refractivity contribution in [3.63, 3.8) is 0 Å². The molecule has 0 spiro atoms. The third-order valence-electron chi connectivity index (χ3n) is 6.77. The van der Waals surface area contributed by atoms with Crippen molar-refractivity contribution in [2.75, 3.05) is 19.8 Å². The van der Waals surface area contributed by atoms with E-state index in [1.165, 1.54) is 6.07 Å². The molecule has 1 saturated carbocycles. The number of rotatable bonds is 6. The Labute approximate surface area is 191 Å². The average molecular weight is 472 g/mol. The number of hydrogen-bond acceptors (Lipinski definition) is 5. The number of ether oxygens (including phenoxy) is 2.